The minimum atomic E-state index is 0.613. The molecule has 1 fully saturated rings. The van der Waals surface area contributed by atoms with Crippen molar-refractivity contribution in [3.63, 3.8) is 0 Å². The first-order valence-electron chi connectivity index (χ1n) is 6.91. The summed E-state index contributed by atoms with van der Waals surface area (Å²) in [5.74, 6) is 0.938. The largest absolute Gasteiger partial charge is 0.382 e. The molecule has 0 aromatic carbocycles. The Bertz CT molecular complexity index is 213. The van der Waals surface area contributed by atoms with Crippen molar-refractivity contribution in [3.8, 4) is 0 Å². The van der Waals surface area contributed by atoms with Crippen LogP contribution in [0.1, 0.15) is 45.4 Å². The Hall–Kier alpha value is -0.770. The van der Waals surface area contributed by atoms with Crippen LogP contribution in [-0.2, 0) is 4.74 Å². The maximum atomic E-state index is 5.30. The molecule has 0 atom stereocenters. The van der Waals surface area contributed by atoms with E-state index < -0.39 is 0 Å². The lowest BCUT2D eigenvalue weighted by molar-refractivity contribution is 0.145. The zero-order valence-electron chi connectivity index (χ0n) is 11.3. The van der Waals surface area contributed by atoms with Gasteiger partial charge in [0.25, 0.3) is 0 Å². The van der Waals surface area contributed by atoms with Crippen LogP contribution in [0.5, 0.6) is 0 Å². The lowest BCUT2D eigenvalue weighted by atomic mass is 9.96. The highest BCUT2D eigenvalue weighted by Gasteiger charge is 2.13. The van der Waals surface area contributed by atoms with E-state index in [1.807, 2.05) is 14.0 Å². The molecule has 0 aromatic heterocycles. The summed E-state index contributed by atoms with van der Waals surface area (Å²) in [5.41, 5.74) is 0. The highest BCUT2D eigenvalue weighted by Crippen LogP contribution is 2.17. The van der Waals surface area contributed by atoms with E-state index in [2.05, 4.69) is 15.6 Å². The monoisotopic (exact) mass is 241 g/mol. The SMILES string of the molecule is CCOCCCNC(=NC)NC1CCCCC1. The van der Waals surface area contributed by atoms with Crippen LogP contribution < -0.4 is 10.6 Å². The van der Waals surface area contributed by atoms with Gasteiger partial charge in [-0.25, -0.2) is 0 Å². The number of ether oxygens (including phenoxy) is 1. The summed E-state index contributed by atoms with van der Waals surface area (Å²) >= 11 is 0. The Labute approximate surface area is 105 Å². The van der Waals surface area contributed by atoms with Gasteiger partial charge in [-0.15, -0.1) is 0 Å². The van der Waals surface area contributed by atoms with E-state index in [0.29, 0.717) is 6.04 Å². The smallest absolute Gasteiger partial charge is 0.191 e. The van der Waals surface area contributed by atoms with Gasteiger partial charge in [0.2, 0.25) is 0 Å². The summed E-state index contributed by atoms with van der Waals surface area (Å²) in [5, 5.41) is 6.83. The minimum absolute atomic E-state index is 0.613. The predicted octanol–water partition coefficient (Wildman–Crippen LogP) is 1.91. The highest BCUT2D eigenvalue weighted by molar-refractivity contribution is 5.79. The maximum Gasteiger partial charge on any atom is 0.191 e. The van der Waals surface area contributed by atoms with Crippen molar-refractivity contribution >= 4 is 5.96 Å². The van der Waals surface area contributed by atoms with Gasteiger partial charge in [0, 0.05) is 32.8 Å². The fourth-order valence-corrected chi connectivity index (χ4v) is 2.16. The van der Waals surface area contributed by atoms with Gasteiger partial charge in [-0.3, -0.25) is 4.99 Å². The second-order valence-corrected chi connectivity index (χ2v) is 4.53. The van der Waals surface area contributed by atoms with Crippen molar-refractivity contribution in [2.75, 3.05) is 26.8 Å². The number of nitrogens with zero attached hydrogens (tertiary/aromatic N) is 1. The van der Waals surface area contributed by atoms with Gasteiger partial charge in [0.15, 0.2) is 5.96 Å². The van der Waals surface area contributed by atoms with Gasteiger partial charge < -0.3 is 15.4 Å². The van der Waals surface area contributed by atoms with Crippen molar-refractivity contribution in [1.82, 2.24) is 10.6 Å². The van der Waals surface area contributed by atoms with Crippen LogP contribution in [-0.4, -0.2) is 38.8 Å². The number of rotatable bonds is 6. The molecule has 0 aliphatic heterocycles. The van der Waals surface area contributed by atoms with Crippen molar-refractivity contribution in [3.05, 3.63) is 0 Å². The first kappa shape index (κ1) is 14.3. The van der Waals surface area contributed by atoms with Crippen LogP contribution in [0.4, 0.5) is 0 Å². The van der Waals surface area contributed by atoms with Crippen molar-refractivity contribution < 1.29 is 4.74 Å². The molecule has 0 unspecified atom stereocenters. The summed E-state index contributed by atoms with van der Waals surface area (Å²) < 4.78 is 5.30. The number of nitrogens with one attached hydrogen (secondary N) is 2. The highest BCUT2D eigenvalue weighted by atomic mass is 16.5. The van der Waals surface area contributed by atoms with Crippen LogP contribution in [0.3, 0.4) is 0 Å². The molecule has 1 rings (SSSR count). The standard InChI is InChI=1S/C13H27N3O/c1-3-17-11-7-10-15-13(14-2)16-12-8-5-4-6-9-12/h12H,3-11H2,1-2H3,(H2,14,15,16). The van der Waals surface area contributed by atoms with Crippen LogP contribution in [0, 0.1) is 0 Å². The maximum absolute atomic E-state index is 5.30. The van der Waals surface area contributed by atoms with Gasteiger partial charge in [0.1, 0.15) is 0 Å². The average Bonchev–Trinajstić information content (AvgIpc) is 2.38. The molecule has 0 bridgehead atoms. The Morgan fingerprint density at radius 3 is 2.71 bits per heavy atom. The lowest BCUT2D eigenvalue weighted by Crippen LogP contribution is -2.44. The summed E-state index contributed by atoms with van der Waals surface area (Å²) in [7, 11) is 1.83. The molecule has 0 heterocycles. The molecule has 100 valence electrons. The van der Waals surface area contributed by atoms with Gasteiger partial charge in [-0.05, 0) is 26.2 Å². The summed E-state index contributed by atoms with van der Waals surface area (Å²) in [6, 6.07) is 0.613. The molecule has 1 saturated carbocycles. The molecule has 4 nitrogen and oxygen atoms in total. The molecule has 4 heteroatoms. The van der Waals surface area contributed by atoms with E-state index in [1.165, 1.54) is 32.1 Å². The Morgan fingerprint density at radius 2 is 2.06 bits per heavy atom. The molecule has 0 radical (unpaired) electrons. The summed E-state index contributed by atoms with van der Waals surface area (Å²) in [6.45, 7) is 4.57. The molecule has 0 spiro atoms. The minimum Gasteiger partial charge on any atom is -0.382 e. The molecule has 0 saturated heterocycles. The molecular weight excluding hydrogens is 214 g/mol. The number of hydrogen-bond donors (Lipinski definition) is 2. The average molecular weight is 241 g/mol. The van der Waals surface area contributed by atoms with Crippen LogP contribution in [0.2, 0.25) is 0 Å². The number of hydrogen-bond acceptors (Lipinski definition) is 2. The van der Waals surface area contributed by atoms with E-state index >= 15 is 0 Å². The second-order valence-electron chi connectivity index (χ2n) is 4.53. The third-order valence-corrected chi connectivity index (χ3v) is 3.13. The molecule has 2 N–H and O–H groups in total. The summed E-state index contributed by atoms with van der Waals surface area (Å²) in [4.78, 5) is 4.25. The third-order valence-electron chi connectivity index (χ3n) is 3.13. The first-order chi connectivity index (χ1) is 8.36. The van der Waals surface area contributed by atoms with Crippen molar-refractivity contribution in [1.29, 1.82) is 0 Å². The van der Waals surface area contributed by atoms with Crippen molar-refractivity contribution in [2.24, 2.45) is 4.99 Å². The van der Waals surface area contributed by atoms with Crippen molar-refractivity contribution in [2.45, 2.75) is 51.5 Å². The van der Waals surface area contributed by atoms with E-state index in [-0.39, 0.29) is 0 Å². The normalized spacial score (nSPS) is 18.1. The van der Waals surface area contributed by atoms with Gasteiger partial charge in [-0.1, -0.05) is 19.3 Å². The lowest BCUT2D eigenvalue weighted by Gasteiger charge is -2.24. The fourth-order valence-electron chi connectivity index (χ4n) is 2.16. The fraction of sp³-hybridized carbons (Fsp3) is 0.923. The van der Waals surface area contributed by atoms with Gasteiger partial charge in [0.05, 0.1) is 0 Å². The van der Waals surface area contributed by atoms with E-state index in [9.17, 15) is 0 Å². The van der Waals surface area contributed by atoms with E-state index in [0.717, 1.165) is 32.1 Å². The number of guanidine groups is 1. The Morgan fingerprint density at radius 1 is 1.29 bits per heavy atom. The Kier molecular flexibility index (Phi) is 7.80. The summed E-state index contributed by atoms with van der Waals surface area (Å²) in [6.07, 6.45) is 7.66. The van der Waals surface area contributed by atoms with E-state index in [1.54, 1.807) is 0 Å². The molecule has 0 aromatic rings. The molecule has 0 amide bonds. The zero-order valence-corrected chi connectivity index (χ0v) is 11.3. The molecule has 1 aliphatic rings. The van der Waals surface area contributed by atoms with Gasteiger partial charge in [-0.2, -0.15) is 0 Å². The Balaban J connectivity index is 2.10. The zero-order chi connectivity index (χ0) is 12.3. The van der Waals surface area contributed by atoms with E-state index in [4.69, 9.17) is 4.74 Å². The second kappa shape index (κ2) is 9.28. The first-order valence-corrected chi connectivity index (χ1v) is 6.91. The molecule has 17 heavy (non-hydrogen) atoms. The van der Waals surface area contributed by atoms with Crippen LogP contribution in [0.15, 0.2) is 4.99 Å². The van der Waals surface area contributed by atoms with Crippen LogP contribution >= 0.6 is 0 Å². The quantitative estimate of drug-likeness (QED) is 0.424. The topological polar surface area (TPSA) is 45.6 Å². The predicted molar refractivity (Wildman–Crippen MR) is 72.5 cm³/mol. The van der Waals surface area contributed by atoms with Gasteiger partial charge >= 0.3 is 0 Å². The number of aliphatic imine (C=N–C) groups is 1. The third kappa shape index (κ3) is 6.51. The van der Waals surface area contributed by atoms with Crippen LogP contribution in [0.25, 0.3) is 0 Å². The molecular formula is C13H27N3O. The molecule has 1 aliphatic carbocycles.